The van der Waals surface area contributed by atoms with Crippen molar-refractivity contribution in [1.29, 1.82) is 0 Å². The van der Waals surface area contributed by atoms with E-state index in [1.54, 1.807) is 19.2 Å². The van der Waals surface area contributed by atoms with Crippen LogP contribution in [-0.2, 0) is 6.42 Å². The van der Waals surface area contributed by atoms with Crippen LogP contribution in [0.25, 0.3) is 11.5 Å². The highest BCUT2D eigenvalue weighted by Gasteiger charge is 2.07. The Hall–Kier alpha value is -2.08. The molecule has 6 heteroatoms. The van der Waals surface area contributed by atoms with Gasteiger partial charge in [-0.2, -0.15) is 0 Å². The van der Waals surface area contributed by atoms with Gasteiger partial charge in [-0.15, -0.1) is 10.2 Å². The van der Waals surface area contributed by atoms with Crippen molar-refractivity contribution in [3.8, 4) is 17.4 Å². The monoisotopic (exact) mass is 245 g/mol. The van der Waals surface area contributed by atoms with Crippen molar-refractivity contribution in [3.63, 3.8) is 0 Å². The first-order valence-electron chi connectivity index (χ1n) is 5.65. The molecule has 0 saturated heterocycles. The number of rotatable bonds is 4. The van der Waals surface area contributed by atoms with Crippen molar-refractivity contribution in [1.82, 2.24) is 20.2 Å². The van der Waals surface area contributed by atoms with Crippen LogP contribution in [0, 0.1) is 6.92 Å². The molecule has 2 heterocycles. The Morgan fingerprint density at radius 3 is 2.67 bits per heavy atom. The van der Waals surface area contributed by atoms with E-state index in [1.807, 2.05) is 13.0 Å². The molecule has 0 aliphatic carbocycles. The summed E-state index contributed by atoms with van der Waals surface area (Å²) in [6.07, 6.45) is 0.722. The van der Waals surface area contributed by atoms with E-state index in [2.05, 4.69) is 20.2 Å². The van der Waals surface area contributed by atoms with Crippen molar-refractivity contribution in [2.75, 3.05) is 13.7 Å². The molecule has 0 bridgehead atoms. The lowest BCUT2D eigenvalue weighted by Crippen LogP contribution is -2.07. The number of aryl methyl sites for hydroxylation is 1. The maximum absolute atomic E-state index is 5.53. The quantitative estimate of drug-likeness (QED) is 0.855. The number of hydrogen-bond acceptors (Lipinski definition) is 6. The molecule has 0 amide bonds. The highest BCUT2D eigenvalue weighted by atomic mass is 16.5. The highest BCUT2D eigenvalue weighted by molar-refractivity contribution is 5.48. The second-order valence-electron chi connectivity index (χ2n) is 3.82. The molecule has 0 atom stereocenters. The highest BCUT2D eigenvalue weighted by Crippen LogP contribution is 2.14. The average Bonchev–Trinajstić information content (AvgIpc) is 2.38. The molecule has 94 valence electrons. The molecule has 0 aliphatic heterocycles. The van der Waals surface area contributed by atoms with Crippen LogP contribution in [0.15, 0.2) is 18.2 Å². The van der Waals surface area contributed by atoms with Gasteiger partial charge in [0.25, 0.3) is 0 Å². The van der Waals surface area contributed by atoms with Crippen molar-refractivity contribution in [2.45, 2.75) is 13.3 Å². The Morgan fingerprint density at radius 1 is 1.22 bits per heavy atom. The summed E-state index contributed by atoms with van der Waals surface area (Å²) in [6.45, 7) is 2.48. The molecule has 0 spiro atoms. The third-order valence-corrected chi connectivity index (χ3v) is 2.39. The van der Waals surface area contributed by atoms with E-state index in [4.69, 9.17) is 10.5 Å². The predicted molar refractivity (Wildman–Crippen MR) is 67.1 cm³/mol. The molecule has 0 aliphatic rings. The molecule has 0 radical (unpaired) electrons. The molecule has 2 rings (SSSR count). The van der Waals surface area contributed by atoms with Crippen LogP contribution in [0.3, 0.4) is 0 Å². The summed E-state index contributed by atoms with van der Waals surface area (Å²) in [5.41, 5.74) is 7.96. The first kappa shape index (κ1) is 12.4. The topological polar surface area (TPSA) is 86.8 Å². The van der Waals surface area contributed by atoms with E-state index in [0.717, 1.165) is 17.8 Å². The first-order chi connectivity index (χ1) is 8.72. The van der Waals surface area contributed by atoms with Crippen molar-refractivity contribution < 1.29 is 4.74 Å². The molecular weight excluding hydrogens is 230 g/mol. The fraction of sp³-hybridized carbons (Fsp3) is 0.333. The number of methoxy groups -OCH3 is 1. The smallest absolute Gasteiger partial charge is 0.233 e. The number of aromatic nitrogens is 4. The Bertz CT molecular complexity index is 526. The summed E-state index contributed by atoms with van der Waals surface area (Å²) >= 11 is 0. The lowest BCUT2D eigenvalue weighted by atomic mass is 10.2. The standard InChI is InChI=1S/C12H15N5O/c1-8-7-9(5-6-13)15-12(14-8)10-3-4-11(18-2)17-16-10/h3-4,7H,5-6,13H2,1-2H3. The Labute approximate surface area is 105 Å². The minimum absolute atomic E-state index is 0.466. The molecule has 2 aromatic rings. The SMILES string of the molecule is COc1ccc(-c2nc(C)cc(CCN)n2)nn1. The van der Waals surface area contributed by atoms with Gasteiger partial charge in [0, 0.05) is 23.9 Å². The van der Waals surface area contributed by atoms with E-state index in [9.17, 15) is 0 Å². The van der Waals surface area contributed by atoms with Crippen LogP contribution < -0.4 is 10.5 Å². The summed E-state index contributed by atoms with van der Waals surface area (Å²) in [5.74, 6) is 1.03. The maximum Gasteiger partial charge on any atom is 0.233 e. The van der Waals surface area contributed by atoms with Gasteiger partial charge in [-0.25, -0.2) is 9.97 Å². The number of ether oxygens (including phenoxy) is 1. The van der Waals surface area contributed by atoms with Crippen molar-refractivity contribution in [2.24, 2.45) is 5.73 Å². The first-order valence-corrected chi connectivity index (χ1v) is 5.65. The fourth-order valence-corrected chi connectivity index (χ4v) is 1.57. The van der Waals surface area contributed by atoms with E-state index >= 15 is 0 Å². The van der Waals surface area contributed by atoms with Crippen LogP contribution in [0.1, 0.15) is 11.4 Å². The Balaban J connectivity index is 2.36. The van der Waals surface area contributed by atoms with Gasteiger partial charge in [-0.3, -0.25) is 0 Å². The van der Waals surface area contributed by atoms with Crippen LogP contribution in [0.2, 0.25) is 0 Å². The lowest BCUT2D eigenvalue weighted by molar-refractivity contribution is 0.392. The van der Waals surface area contributed by atoms with Gasteiger partial charge < -0.3 is 10.5 Å². The van der Waals surface area contributed by atoms with Crippen LogP contribution >= 0.6 is 0 Å². The number of nitrogens with two attached hydrogens (primary N) is 1. The van der Waals surface area contributed by atoms with Crippen LogP contribution in [0.5, 0.6) is 5.88 Å². The lowest BCUT2D eigenvalue weighted by Gasteiger charge is -2.04. The third kappa shape index (κ3) is 2.78. The van der Waals surface area contributed by atoms with E-state index < -0.39 is 0 Å². The normalized spacial score (nSPS) is 10.4. The zero-order valence-corrected chi connectivity index (χ0v) is 10.4. The molecule has 0 fully saturated rings. The molecule has 0 aromatic carbocycles. The molecule has 0 saturated carbocycles. The summed E-state index contributed by atoms with van der Waals surface area (Å²) in [7, 11) is 1.55. The number of hydrogen-bond donors (Lipinski definition) is 1. The fourth-order valence-electron chi connectivity index (χ4n) is 1.57. The van der Waals surface area contributed by atoms with E-state index in [-0.39, 0.29) is 0 Å². The molecular formula is C12H15N5O. The van der Waals surface area contributed by atoms with Crippen LogP contribution in [-0.4, -0.2) is 33.8 Å². The van der Waals surface area contributed by atoms with Gasteiger partial charge in [0.2, 0.25) is 5.88 Å². The van der Waals surface area contributed by atoms with Crippen molar-refractivity contribution >= 4 is 0 Å². The minimum Gasteiger partial charge on any atom is -0.480 e. The minimum atomic E-state index is 0.466. The van der Waals surface area contributed by atoms with Gasteiger partial charge in [-0.05, 0) is 25.6 Å². The zero-order chi connectivity index (χ0) is 13.0. The Morgan fingerprint density at radius 2 is 2.06 bits per heavy atom. The van der Waals surface area contributed by atoms with Gasteiger partial charge in [-0.1, -0.05) is 0 Å². The number of nitrogens with zero attached hydrogens (tertiary/aromatic N) is 4. The second kappa shape index (κ2) is 5.50. The molecule has 0 unspecified atom stereocenters. The largest absolute Gasteiger partial charge is 0.480 e. The van der Waals surface area contributed by atoms with E-state index in [1.165, 1.54) is 0 Å². The van der Waals surface area contributed by atoms with Gasteiger partial charge in [0.05, 0.1) is 7.11 Å². The predicted octanol–water partition coefficient (Wildman–Crippen LogP) is 0.752. The molecule has 18 heavy (non-hydrogen) atoms. The third-order valence-electron chi connectivity index (χ3n) is 2.39. The van der Waals surface area contributed by atoms with Gasteiger partial charge in [0.15, 0.2) is 5.82 Å². The summed E-state index contributed by atoms with van der Waals surface area (Å²) in [6, 6.07) is 5.44. The Kier molecular flexibility index (Phi) is 3.78. The van der Waals surface area contributed by atoms with Gasteiger partial charge in [0.1, 0.15) is 5.69 Å². The average molecular weight is 245 g/mol. The maximum atomic E-state index is 5.53. The summed E-state index contributed by atoms with van der Waals surface area (Å²) in [4.78, 5) is 8.76. The molecule has 2 aromatic heterocycles. The molecule has 2 N–H and O–H groups in total. The molecule has 6 nitrogen and oxygen atoms in total. The second-order valence-corrected chi connectivity index (χ2v) is 3.82. The van der Waals surface area contributed by atoms with Gasteiger partial charge >= 0.3 is 0 Å². The van der Waals surface area contributed by atoms with Crippen LogP contribution in [0.4, 0.5) is 0 Å². The van der Waals surface area contributed by atoms with E-state index in [0.29, 0.717) is 23.9 Å². The zero-order valence-electron chi connectivity index (χ0n) is 10.4. The van der Waals surface area contributed by atoms with Crippen molar-refractivity contribution in [3.05, 3.63) is 29.6 Å². The summed E-state index contributed by atoms with van der Waals surface area (Å²) < 4.78 is 4.96. The summed E-state index contributed by atoms with van der Waals surface area (Å²) in [5, 5.41) is 7.93.